The summed E-state index contributed by atoms with van der Waals surface area (Å²) in [5, 5.41) is 0. The molecule has 4 nitrogen and oxygen atoms in total. The first-order chi connectivity index (χ1) is 10.6. The molecule has 2 aromatic rings. The zero-order chi connectivity index (χ0) is 15.6. The monoisotopic (exact) mass is 316 g/mol. The molecule has 0 saturated carbocycles. The van der Waals surface area contributed by atoms with Crippen LogP contribution < -0.4 is 9.62 Å². The molecular weight excluding hydrogens is 296 g/mol. The van der Waals surface area contributed by atoms with E-state index in [9.17, 15) is 8.42 Å². The van der Waals surface area contributed by atoms with Gasteiger partial charge in [0.25, 0.3) is 0 Å². The summed E-state index contributed by atoms with van der Waals surface area (Å²) >= 11 is 0. The number of fused-ring (bicyclic) bond motifs is 1. The maximum Gasteiger partial charge on any atom is 0.240 e. The van der Waals surface area contributed by atoms with Crippen molar-refractivity contribution in [3.05, 3.63) is 60.2 Å². The Morgan fingerprint density at radius 1 is 1.09 bits per heavy atom. The number of rotatable bonds is 5. The summed E-state index contributed by atoms with van der Waals surface area (Å²) in [5.41, 5.74) is 2.55. The van der Waals surface area contributed by atoms with Crippen molar-refractivity contribution in [3.8, 4) is 0 Å². The molecule has 22 heavy (non-hydrogen) atoms. The number of anilines is 1. The van der Waals surface area contributed by atoms with E-state index in [4.69, 9.17) is 0 Å². The van der Waals surface area contributed by atoms with Crippen LogP contribution in [0, 0.1) is 0 Å². The van der Waals surface area contributed by atoms with E-state index in [2.05, 4.69) is 28.7 Å². The first-order valence-corrected chi connectivity index (χ1v) is 8.95. The van der Waals surface area contributed by atoms with Crippen LogP contribution in [0.1, 0.15) is 12.5 Å². The van der Waals surface area contributed by atoms with Gasteiger partial charge >= 0.3 is 0 Å². The van der Waals surface area contributed by atoms with Crippen molar-refractivity contribution in [1.29, 1.82) is 0 Å². The van der Waals surface area contributed by atoms with Crippen LogP contribution >= 0.6 is 0 Å². The minimum absolute atomic E-state index is 0.113. The number of hydrogen-bond acceptors (Lipinski definition) is 3. The number of sulfonamides is 1. The van der Waals surface area contributed by atoms with Crippen LogP contribution in [0.2, 0.25) is 0 Å². The summed E-state index contributed by atoms with van der Waals surface area (Å²) in [5.74, 6) is 0. The molecule has 0 aliphatic carbocycles. The van der Waals surface area contributed by atoms with E-state index in [1.165, 1.54) is 11.3 Å². The highest BCUT2D eigenvalue weighted by molar-refractivity contribution is 7.89. The van der Waals surface area contributed by atoms with Crippen LogP contribution in [0.5, 0.6) is 0 Å². The summed E-state index contributed by atoms with van der Waals surface area (Å²) in [4.78, 5) is 2.58. The van der Waals surface area contributed by atoms with Crippen LogP contribution in [0.3, 0.4) is 0 Å². The van der Waals surface area contributed by atoms with E-state index >= 15 is 0 Å². The van der Waals surface area contributed by atoms with Crippen LogP contribution in [-0.2, 0) is 16.4 Å². The van der Waals surface area contributed by atoms with Crippen molar-refractivity contribution in [3.63, 3.8) is 0 Å². The number of benzene rings is 2. The van der Waals surface area contributed by atoms with Crippen molar-refractivity contribution < 1.29 is 8.42 Å². The summed E-state index contributed by atoms with van der Waals surface area (Å²) in [7, 11) is -3.44. The molecule has 0 spiro atoms. The topological polar surface area (TPSA) is 49.4 Å². The Balaban J connectivity index is 1.68. The largest absolute Gasteiger partial charge is 0.367 e. The van der Waals surface area contributed by atoms with Gasteiger partial charge < -0.3 is 4.90 Å². The molecule has 2 aromatic carbocycles. The first kappa shape index (κ1) is 15.1. The third-order valence-corrected chi connectivity index (χ3v) is 5.52. The molecule has 0 radical (unpaired) electrons. The van der Waals surface area contributed by atoms with E-state index in [0.717, 1.165) is 13.0 Å². The molecule has 1 atom stereocenters. The second-order valence-corrected chi connectivity index (χ2v) is 7.35. The molecule has 0 saturated heterocycles. The lowest BCUT2D eigenvalue weighted by molar-refractivity contribution is 0.566. The lowest BCUT2D eigenvalue weighted by Crippen LogP contribution is -2.41. The zero-order valence-corrected chi connectivity index (χ0v) is 13.4. The molecule has 0 amide bonds. The van der Waals surface area contributed by atoms with Gasteiger partial charge in [-0.15, -0.1) is 0 Å². The number of hydrogen-bond donors (Lipinski definition) is 1. The Kier molecular flexibility index (Phi) is 4.18. The van der Waals surface area contributed by atoms with Crippen molar-refractivity contribution in [2.45, 2.75) is 24.3 Å². The third-order valence-electron chi connectivity index (χ3n) is 4.08. The highest BCUT2D eigenvalue weighted by Gasteiger charge is 2.24. The van der Waals surface area contributed by atoms with Gasteiger partial charge in [0.15, 0.2) is 0 Å². The average Bonchev–Trinajstić information content (AvgIpc) is 2.98. The van der Waals surface area contributed by atoms with Gasteiger partial charge in [-0.3, -0.25) is 0 Å². The second-order valence-electron chi connectivity index (χ2n) is 5.59. The fourth-order valence-corrected chi connectivity index (χ4v) is 3.99. The van der Waals surface area contributed by atoms with Gasteiger partial charge in [0.2, 0.25) is 10.0 Å². The number of nitrogens with zero attached hydrogens (tertiary/aromatic N) is 1. The minimum Gasteiger partial charge on any atom is -0.367 e. The van der Waals surface area contributed by atoms with Crippen molar-refractivity contribution in [2.75, 3.05) is 18.0 Å². The minimum atomic E-state index is -3.44. The van der Waals surface area contributed by atoms with E-state index in [1.807, 2.05) is 18.2 Å². The molecule has 0 bridgehead atoms. The Morgan fingerprint density at radius 2 is 1.77 bits per heavy atom. The fraction of sp³-hybridized carbons (Fsp3) is 0.294. The third kappa shape index (κ3) is 3.00. The quantitative estimate of drug-likeness (QED) is 0.921. The molecule has 1 aliphatic heterocycles. The Hall–Kier alpha value is -1.85. The lowest BCUT2D eigenvalue weighted by atomic mass is 10.2. The van der Waals surface area contributed by atoms with Crippen LogP contribution in [0.15, 0.2) is 59.5 Å². The van der Waals surface area contributed by atoms with E-state index in [0.29, 0.717) is 11.4 Å². The number of nitrogens with one attached hydrogen (secondary N) is 1. The molecule has 1 aliphatic rings. The summed E-state index contributed by atoms with van der Waals surface area (Å²) in [6.45, 7) is 3.38. The average molecular weight is 316 g/mol. The summed E-state index contributed by atoms with van der Waals surface area (Å²) in [6, 6.07) is 16.9. The van der Waals surface area contributed by atoms with E-state index in [1.54, 1.807) is 24.3 Å². The molecule has 1 N–H and O–H groups in total. The Bertz CT molecular complexity index is 744. The molecule has 0 aromatic heterocycles. The van der Waals surface area contributed by atoms with Gasteiger partial charge in [-0.1, -0.05) is 36.4 Å². The van der Waals surface area contributed by atoms with E-state index < -0.39 is 10.0 Å². The molecule has 1 unspecified atom stereocenters. The highest BCUT2D eigenvalue weighted by Crippen LogP contribution is 2.29. The highest BCUT2D eigenvalue weighted by atomic mass is 32.2. The smallest absolute Gasteiger partial charge is 0.240 e. The molecular formula is C17H20N2O2S. The van der Waals surface area contributed by atoms with Crippen LogP contribution in [-0.4, -0.2) is 27.5 Å². The fourth-order valence-electron chi connectivity index (χ4n) is 2.85. The SMILES string of the molecule is CC(CNS(=O)(=O)c1ccccc1)N1CCc2ccccc21. The van der Waals surface area contributed by atoms with Gasteiger partial charge in [-0.2, -0.15) is 0 Å². The van der Waals surface area contributed by atoms with Crippen LogP contribution in [0.25, 0.3) is 0 Å². The maximum absolute atomic E-state index is 12.3. The number of para-hydroxylation sites is 1. The molecule has 3 rings (SSSR count). The van der Waals surface area contributed by atoms with Crippen molar-refractivity contribution in [1.82, 2.24) is 4.72 Å². The molecule has 1 heterocycles. The van der Waals surface area contributed by atoms with E-state index in [-0.39, 0.29) is 6.04 Å². The van der Waals surface area contributed by atoms with Crippen LogP contribution in [0.4, 0.5) is 5.69 Å². The molecule has 116 valence electrons. The van der Waals surface area contributed by atoms with Gasteiger partial charge in [-0.05, 0) is 37.1 Å². The summed E-state index contributed by atoms with van der Waals surface area (Å²) < 4.78 is 27.2. The predicted molar refractivity (Wildman–Crippen MR) is 88.6 cm³/mol. The standard InChI is InChI=1S/C17H20N2O2S/c1-14(19-12-11-15-7-5-6-10-17(15)19)13-18-22(20,21)16-8-3-2-4-9-16/h2-10,14,18H,11-13H2,1H3. The van der Waals surface area contributed by atoms with Gasteiger partial charge in [0, 0.05) is 24.8 Å². The zero-order valence-electron chi connectivity index (χ0n) is 12.6. The maximum atomic E-state index is 12.3. The van der Waals surface area contributed by atoms with Gasteiger partial charge in [0.05, 0.1) is 4.90 Å². The second kappa shape index (κ2) is 6.10. The van der Waals surface area contributed by atoms with Gasteiger partial charge in [0.1, 0.15) is 0 Å². The lowest BCUT2D eigenvalue weighted by Gasteiger charge is -2.27. The van der Waals surface area contributed by atoms with Crippen molar-refractivity contribution >= 4 is 15.7 Å². The normalized spacial score (nSPS) is 15.6. The molecule has 5 heteroatoms. The van der Waals surface area contributed by atoms with Crippen molar-refractivity contribution in [2.24, 2.45) is 0 Å². The first-order valence-electron chi connectivity index (χ1n) is 7.47. The predicted octanol–water partition coefficient (Wildman–Crippen LogP) is 2.42. The Morgan fingerprint density at radius 3 is 2.55 bits per heavy atom. The molecule has 0 fully saturated rings. The summed E-state index contributed by atoms with van der Waals surface area (Å²) in [6.07, 6.45) is 1.02. The van der Waals surface area contributed by atoms with Gasteiger partial charge in [-0.25, -0.2) is 13.1 Å². The Labute approximate surface area is 131 Å².